The summed E-state index contributed by atoms with van der Waals surface area (Å²) in [6.07, 6.45) is 3.97. The summed E-state index contributed by atoms with van der Waals surface area (Å²) in [5.74, 6) is -0.179. The molecular weight excluding hydrogens is 264 g/mol. The third-order valence-corrected chi connectivity index (χ3v) is 3.33. The normalized spacial score (nSPS) is 10.5. The van der Waals surface area contributed by atoms with Crippen molar-refractivity contribution < 1.29 is 10.2 Å². The van der Waals surface area contributed by atoms with Crippen LogP contribution in [0.5, 0.6) is 11.5 Å². The van der Waals surface area contributed by atoms with Gasteiger partial charge in [-0.05, 0) is 36.4 Å². The number of para-hydroxylation sites is 1. The first-order chi connectivity index (χ1) is 10.2. The molecule has 4 nitrogen and oxygen atoms in total. The highest BCUT2D eigenvalue weighted by atomic mass is 16.3. The molecule has 3 aromatic rings. The van der Waals surface area contributed by atoms with Crippen molar-refractivity contribution >= 4 is 5.69 Å². The number of rotatable bonds is 4. The number of phenols is 2. The minimum atomic E-state index is -0.101. The third kappa shape index (κ3) is 2.84. The molecule has 3 rings (SSSR count). The number of benzene rings is 2. The molecule has 0 unspecified atom stereocenters. The number of phenolic OH excluding ortho intramolecular Hbond substituents is 2. The fourth-order valence-corrected chi connectivity index (χ4v) is 2.20. The minimum absolute atomic E-state index is 0.0773. The van der Waals surface area contributed by atoms with Gasteiger partial charge < -0.3 is 20.1 Å². The van der Waals surface area contributed by atoms with Crippen LogP contribution in [0, 0.1) is 0 Å². The van der Waals surface area contributed by atoms with Gasteiger partial charge >= 0.3 is 0 Å². The Morgan fingerprint density at radius 1 is 0.905 bits per heavy atom. The number of anilines is 1. The van der Waals surface area contributed by atoms with E-state index in [-0.39, 0.29) is 11.5 Å². The van der Waals surface area contributed by atoms with Gasteiger partial charge in [0.05, 0.1) is 0 Å². The van der Waals surface area contributed by atoms with Crippen LogP contribution in [0.25, 0.3) is 5.69 Å². The number of nitrogens with one attached hydrogen (secondary N) is 1. The molecule has 106 valence electrons. The summed E-state index contributed by atoms with van der Waals surface area (Å²) < 4.78 is 2.02. The highest BCUT2D eigenvalue weighted by molar-refractivity contribution is 5.53. The van der Waals surface area contributed by atoms with Gasteiger partial charge in [-0.2, -0.15) is 0 Å². The smallest absolute Gasteiger partial charge is 0.162 e. The van der Waals surface area contributed by atoms with E-state index in [1.807, 2.05) is 53.4 Å². The molecule has 0 fully saturated rings. The van der Waals surface area contributed by atoms with E-state index in [2.05, 4.69) is 5.32 Å². The summed E-state index contributed by atoms with van der Waals surface area (Å²) in [5, 5.41) is 22.5. The van der Waals surface area contributed by atoms with Crippen LogP contribution in [-0.2, 0) is 6.54 Å². The molecule has 0 saturated carbocycles. The summed E-state index contributed by atoms with van der Waals surface area (Å²) in [7, 11) is 0. The van der Waals surface area contributed by atoms with Crippen LogP contribution < -0.4 is 5.32 Å². The van der Waals surface area contributed by atoms with Gasteiger partial charge in [0, 0.05) is 35.9 Å². The lowest BCUT2D eigenvalue weighted by Crippen LogP contribution is -2.00. The van der Waals surface area contributed by atoms with Gasteiger partial charge in [-0.3, -0.25) is 0 Å². The first-order valence-corrected chi connectivity index (χ1v) is 6.71. The Balaban J connectivity index is 1.77. The average Bonchev–Trinajstić information content (AvgIpc) is 3.03. The number of aromatic nitrogens is 1. The van der Waals surface area contributed by atoms with Gasteiger partial charge in [-0.1, -0.05) is 18.2 Å². The largest absolute Gasteiger partial charge is 0.504 e. The van der Waals surface area contributed by atoms with Gasteiger partial charge in [-0.25, -0.2) is 0 Å². The van der Waals surface area contributed by atoms with Crippen molar-refractivity contribution in [3.8, 4) is 17.2 Å². The van der Waals surface area contributed by atoms with Gasteiger partial charge in [-0.15, -0.1) is 0 Å². The molecule has 0 atom stereocenters. The third-order valence-electron chi connectivity index (χ3n) is 3.33. The van der Waals surface area contributed by atoms with Crippen molar-refractivity contribution in [3.63, 3.8) is 0 Å². The van der Waals surface area contributed by atoms with Crippen molar-refractivity contribution in [2.24, 2.45) is 0 Å². The first kappa shape index (κ1) is 13.1. The van der Waals surface area contributed by atoms with E-state index in [0.29, 0.717) is 12.1 Å². The predicted octanol–water partition coefficient (Wildman–Crippen LogP) is 3.50. The maximum Gasteiger partial charge on any atom is 0.162 e. The van der Waals surface area contributed by atoms with Crippen molar-refractivity contribution in [2.45, 2.75) is 6.54 Å². The number of aromatic hydroxyl groups is 2. The molecule has 3 N–H and O–H groups in total. The van der Waals surface area contributed by atoms with Crippen molar-refractivity contribution in [1.29, 1.82) is 0 Å². The van der Waals surface area contributed by atoms with Crippen LogP contribution in [0.2, 0.25) is 0 Å². The molecule has 0 aliphatic rings. The second-order valence-corrected chi connectivity index (χ2v) is 4.78. The van der Waals surface area contributed by atoms with E-state index < -0.39 is 0 Å². The second kappa shape index (κ2) is 5.63. The number of hydrogen-bond donors (Lipinski definition) is 3. The van der Waals surface area contributed by atoms with E-state index >= 15 is 0 Å². The lowest BCUT2D eigenvalue weighted by molar-refractivity contribution is 0.400. The Hall–Kier alpha value is -2.88. The van der Waals surface area contributed by atoms with E-state index in [1.54, 1.807) is 12.1 Å². The van der Waals surface area contributed by atoms with Crippen LogP contribution in [-0.4, -0.2) is 14.8 Å². The van der Waals surface area contributed by atoms with Crippen molar-refractivity contribution in [1.82, 2.24) is 4.57 Å². The molecule has 0 saturated heterocycles. The number of hydrogen-bond acceptors (Lipinski definition) is 3. The molecular formula is C17H16N2O2. The highest BCUT2D eigenvalue weighted by Crippen LogP contribution is 2.28. The summed E-state index contributed by atoms with van der Waals surface area (Å²) >= 11 is 0. The van der Waals surface area contributed by atoms with Crippen LogP contribution >= 0.6 is 0 Å². The predicted molar refractivity (Wildman–Crippen MR) is 82.9 cm³/mol. The van der Waals surface area contributed by atoms with Crippen LogP contribution in [0.4, 0.5) is 5.69 Å². The topological polar surface area (TPSA) is 57.4 Å². The van der Waals surface area contributed by atoms with Crippen molar-refractivity contribution in [2.75, 3.05) is 5.32 Å². The van der Waals surface area contributed by atoms with E-state index in [1.165, 1.54) is 6.07 Å². The molecule has 0 amide bonds. The highest BCUT2D eigenvalue weighted by Gasteiger charge is 2.05. The molecule has 0 aliphatic carbocycles. The summed E-state index contributed by atoms with van der Waals surface area (Å²) in [4.78, 5) is 0. The minimum Gasteiger partial charge on any atom is -0.504 e. The Kier molecular flexibility index (Phi) is 3.51. The molecule has 0 aliphatic heterocycles. The average molecular weight is 280 g/mol. The van der Waals surface area contributed by atoms with Gasteiger partial charge in [0.2, 0.25) is 0 Å². The molecule has 21 heavy (non-hydrogen) atoms. The zero-order valence-electron chi connectivity index (χ0n) is 11.4. The van der Waals surface area contributed by atoms with Gasteiger partial charge in [0.1, 0.15) is 0 Å². The first-order valence-electron chi connectivity index (χ1n) is 6.71. The van der Waals surface area contributed by atoms with Crippen LogP contribution in [0.3, 0.4) is 0 Å². The Labute approximate surface area is 122 Å². The second-order valence-electron chi connectivity index (χ2n) is 4.78. The number of nitrogens with zero attached hydrogens (tertiary/aromatic N) is 1. The van der Waals surface area contributed by atoms with Gasteiger partial charge in [0.15, 0.2) is 11.5 Å². The standard InChI is InChI=1S/C17H16N2O2/c20-16-8-3-5-13(17(16)21)12-18-14-6-4-7-15(11-14)19-9-1-2-10-19/h1-11,18,20-21H,12H2. The van der Waals surface area contributed by atoms with Crippen LogP contribution in [0.1, 0.15) is 5.56 Å². The van der Waals surface area contributed by atoms with E-state index in [9.17, 15) is 10.2 Å². The molecule has 2 aromatic carbocycles. The Morgan fingerprint density at radius 3 is 2.48 bits per heavy atom. The Morgan fingerprint density at radius 2 is 1.67 bits per heavy atom. The quantitative estimate of drug-likeness (QED) is 0.641. The fraction of sp³-hybridized carbons (Fsp3) is 0.0588. The molecule has 0 radical (unpaired) electrons. The van der Waals surface area contributed by atoms with E-state index in [4.69, 9.17) is 0 Å². The lowest BCUT2D eigenvalue weighted by Gasteiger charge is -2.11. The molecule has 0 spiro atoms. The van der Waals surface area contributed by atoms with Crippen LogP contribution in [0.15, 0.2) is 67.0 Å². The van der Waals surface area contributed by atoms with Crippen molar-refractivity contribution in [3.05, 3.63) is 72.6 Å². The summed E-state index contributed by atoms with van der Waals surface area (Å²) in [6, 6.07) is 16.9. The maximum atomic E-state index is 9.79. The maximum absolute atomic E-state index is 9.79. The molecule has 1 aromatic heterocycles. The SMILES string of the molecule is Oc1cccc(CNc2cccc(-n3cccc3)c2)c1O. The fourth-order valence-electron chi connectivity index (χ4n) is 2.20. The monoisotopic (exact) mass is 280 g/mol. The summed E-state index contributed by atoms with van der Waals surface area (Å²) in [5.41, 5.74) is 2.66. The molecule has 0 bridgehead atoms. The Bertz CT molecular complexity index is 736. The molecule has 4 heteroatoms. The zero-order chi connectivity index (χ0) is 14.7. The zero-order valence-corrected chi connectivity index (χ0v) is 11.4. The molecule has 1 heterocycles. The van der Waals surface area contributed by atoms with Gasteiger partial charge in [0.25, 0.3) is 0 Å². The summed E-state index contributed by atoms with van der Waals surface area (Å²) in [6.45, 7) is 0.440. The lowest BCUT2D eigenvalue weighted by atomic mass is 10.2. The van der Waals surface area contributed by atoms with E-state index in [0.717, 1.165) is 11.4 Å².